The van der Waals surface area contributed by atoms with Crippen molar-refractivity contribution in [3.8, 4) is 5.75 Å². The average molecular weight is 314 g/mol. The third kappa shape index (κ3) is 2.54. The van der Waals surface area contributed by atoms with Crippen LogP contribution in [0.4, 0.5) is 4.39 Å². The predicted octanol–water partition coefficient (Wildman–Crippen LogP) is 2.41. The number of hydrogen-bond acceptors (Lipinski definition) is 3. The van der Waals surface area contributed by atoms with Crippen LogP contribution in [0.1, 0.15) is 17.3 Å². The number of methoxy groups -OCH3 is 1. The van der Waals surface area contributed by atoms with Crippen molar-refractivity contribution in [1.29, 1.82) is 0 Å². The molecule has 4 nitrogen and oxygen atoms in total. The first kappa shape index (κ1) is 13.0. The van der Waals surface area contributed by atoms with Gasteiger partial charge in [-0.1, -0.05) is 0 Å². The topological polar surface area (TPSA) is 63.9 Å². The zero-order valence-corrected chi connectivity index (χ0v) is 11.4. The smallest absolute Gasteiger partial charge is 0.123 e. The van der Waals surface area contributed by atoms with Crippen LogP contribution < -0.4 is 10.5 Å². The summed E-state index contributed by atoms with van der Waals surface area (Å²) in [7, 11) is 1.54. The first-order chi connectivity index (χ1) is 8.65. The molecule has 0 aliphatic rings. The number of halogens is 2. The first-order valence-electron chi connectivity index (χ1n) is 5.39. The molecule has 0 saturated heterocycles. The van der Waals surface area contributed by atoms with E-state index in [2.05, 4.69) is 25.9 Å². The van der Waals surface area contributed by atoms with Crippen molar-refractivity contribution < 1.29 is 9.13 Å². The van der Waals surface area contributed by atoms with E-state index in [-0.39, 0.29) is 11.7 Å². The maximum Gasteiger partial charge on any atom is 0.123 e. The van der Waals surface area contributed by atoms with Crippen LogP contribution in [0, 0.1) is 5.82 Å². The Hall–Kier alpha value is -1.40. The van der Waals surface area contributed by atoms with Gasteiger partial charge in [-0.2, -0.15) is 0 Å². The lowest BCUT2D eigenvalue weighted by Crippen LogP contribution is -2.16. The Bertz CT molecular complexity index is 544. The van der Waals surface area contributed by atoms with Crippen LogP contribution in [0.25, 0.3) is 0 Å². The molecule has 0 bridgehead atoms. The van der Waals surface area contributed by atoms with Gasteiger partial charge < -0.3 is 15.5 Å². The summed E-state index contributed by atoms with van der Waals surface area (Å²) < 4.78 is 19.4. The van der Waals surface area contributed by atoms with E-state index in [9.17, 15) is 4.39 Å². The Labute approximate surface area is 112 Å². The van der Waals surface area contributed by atoms with E-state index in [1.165, 1.54) is 12.1 Å². The number of nitrogens with one attached hydrogen (secondary N) is 1. The van der Waals surface area contributed by atoms with Gasteiger partial charge in [0.05, 0.1) is 19.2 Å². The summed E-state index contributed by atoms with van der Waals surface area (Å²) in [5.74, 6) is 0.712. The van der Waals surface area contributed by atoms with Gasteiger partial charge in [0.1, 0.15) is 22.0 Å². The van der Waals surface area contributed by atoms with Crippen LogP contribution in [-0.2, 0) is 0 Å². The minimum atomic E-state index is -0.324. The number of imidazole rings is 1. The SMILES string of the molecule is COc1ccc(F)cc1C(CN)c1ncc(Br)[nH]1. The van der Waals surface area contributed by atoms with Gasteiger partial charge >= 0.3 is 0 Å². The molecule has 0 spiro atoms. The summed E-state index contributed by atoms with van der Waals surface area (Å²) in [6, 6.07) is 4.37. The molecule has 1 heterocycles. The number of H-pyrrole nitrogens is 1. The van der Waals surface area contributed by atoms with Gasteiger partial charge in [0.15, 0.2) is 0 Å². The molecular weight excluding hydrogens is 301 g/mol. The fraction of sp³-hybridized carbons (Fsp3) is 0.250. The molecule has 0 fully saturated rings. The molecule has 0 saturated carbocycles. The van der Waals surface area contributed by atoms with Crippen LogP contribution in [0.5, 0.6) is 5.75 Å². The molecule has 1 aromatic carbocycles. The summed E-state index contributed by atoms with van der Waals surface area (Å²) in [6.45, 7) is 0.305. The standard InChI is InChI=1S/C12H13BrFN3O/c1-18-10-3-2-7(14)4-8(10)9(5-15)12-16-6-11(13)17-12/h2-4,6,9H,5,15H2,1H3,(H,16,17). The minimum absolute atomic E-state index is 0.234. The second kappa shape index (κ2) is 5.49. The number of benzene rings is 1. The molecule has 0 radical (unpaired) electrons. The van der Waals surface area contributed by atoms with Gasteiger partial charge in [0.25, 0.3) is 0 Å². The highest BCUT2D eigenvalue weighted by molar-refractivity contribution is 9.10. The average Bonchev–Trinajstić information content (AvgIpc) is 2.77. The highest BCUT2D eigenvalue weighted by Crippen LogP contribution is 2.30. The summed E-state index contributed by atoms with van der Waals surface area (Å²) in [5, 5.41) is 0. The summed E-state index contributed by atoms with van der Waals surface area (Å²) >= 11 is 3.29. The Morgan fingerprint density at radius 1 is 1.56 bits per heavy atom. The van der Waals surface area contributed by atoms with Crippen LogP contribution in [0.3, 0.4) is 0 Å². The van der Waals surface area contributed by atoms with Gasteiger partial charge in [-0.05, 0) is 34.1 Å². The molecule has 0 amide bonds. The van der Waals surface area contributed by atoms with Crippen molar-refractivity contribution in [3.05, 3.63) is 46.2 Å². The molecule has 0 aliphatic heterocycles. The van der Waals surface area contributed by atoms with Gasteiger partial charge in [0, 0.05) is 12.1 Å². The predicted molar refractivity (Wildman–Crippen MR) is 70.1 cm³/mol. The van der Waals surface area contributed by atoms with Crippen molar-refractivity contribution in [2.24, 2.45) is 5.73 Å². The van der Waals surface area contributed by atoms with Crippen LogP contribution >= 0.6 is 15.9 Å². The van der Waals surface area contributed by atoms with Crippen molar-refractivity contribution in [2.45, 2.75) is 5.92 Å². The first-order valence-corrected chi connectivity index (χ1v) is 6.19. The lowest BCUT2D eigenvalue weighted by molar-refractivity contribution is 0.405. The number of aromatic amines is 1. The van der Waals surface area contributed by atoms with Gasteiger partial charge in [-0.15, -0.1) is 0 Å². The second-order valence-corrected chi connectivity index (χ2v) is 4.65. The van der Waals surface area contributed by atoms with Crippen LogP contribution in [0.15, 0.2) is 29.0 Å². The zero-order valence-electron chi connectivity index (χ0n) is 9.78. The minimum Gasteiger partial charge on any atom is -0.496 e. The molecule has 1 atom stereocenters. The Morgan fingerprint density at radius 2 is 2.33 bits per heavy atom. The van der Waals surface area contributed by atoms with E-state index >= 15 is 0 Å². The maximum absolute atomic E-state index is 13.4. The Kier molecular flexibility index (Phi) is 3.98. The molecule has 0 aliphatic carbocycles. The van der Waals surface area contributed by atoms with E-state index in [0.717, 1.165) is 4.60 Å². The molecule has 6 heteroatoms. The summed E-state index contributed by atoms with van der Waals surface area (Å²) in [5.41, 5.74) is 6.45. The van der Waals surface area contributed by atoms with Crippen molar-refractivity contribution in [3.63, 3.8) is 0 Å². The monoisotopic (exact) mass is 313 g/mol. The zero-order chi connectivity index (χ0) is 13.1. The molecule has 96 valence electrons. The van der Waals surface area contributed by atoms with E-state index in [1.807, 2.05) is 0 Å². The van der Waals surface area contributed by atoms with Crippen LogP contribution in [-0.4, -0.2) is 23.6 Å². The Morgan fingerprint density at radius 3 is 2.89 bits per heavy atom. The van der Waals surface area contributed by atoms with E-state index in [0.29, 0.717) is 23.7 Å². The number of ether oxygens (including phenoxy) is 1. The molecule has 1 unspecified atom stereocenters. The van der Waals surface area contributed by atoms with Crippen molar-refractivity contribution in [1.82, 2.24) is 9.97 Å². The number of nitrogens with two attached hydrogens (primary N) is 1. The van der Waals surface area contributed by atoms with E-state index < -0.39 is 0 Å². The molecule has 18 heavy (non-hydrogen) atoms. The van der Waals surface area contributed by atoms with Gasteiger partial charge in [0.2, 0.25) is 0 Å². The second-order valence-electron chi connectivity index (χ2n) is 3.79. The summed E-state index contributed by atoms with van der Waals surface area (Å²) in [6.07, 6.45) is 1.64. The lowest BCUT2D eigenvalue weighted by Gasteiger charge is -2.16. The number of aromatic nitrogens is 2. The van der Waals surface area contributed by atoms with E-state index in [4.69, 9.17) is 10.5 Å². The molecule has 2 rings (SSSR count). The highest BCUT2D eigenvalue weighted by atomic mass is 79.9. The molecule has 1 aromatic heterocycles. The fourth-order valence-electron chi connectivity index (χ4n) is 1.85. The largest absolute Gasteiger partial charge is 0.496 e. The summed E-state index contributed by atoms with van der Waals surface area (Å²) in [4.78, 5) is 7.25. The normalized spacial score (nSPS) is 12.4. The van der Waals surface area contributed by atoms with E-state index in [1.54, 1.807) is 19.4 Å². The lowest BCUT2D eigenvalue weighted by atomic mass is 9.97. The third-order valence-corrected chi connectivity index (χ3v) is 3.10. The van der Waals surface area contributed by atoms with Gasteiger partial charge in [-0.25, -0.2) is 9.37 Å². The van der Waals surface area contributed by atoms with Crippen molar-refractivity contribution in [2.75, 3.05) is 13.7 Å². The molecular formula is C12H13BrFN3O. The van der Waals surface area contributed by atoms with Crippen LogP contribution in [0.2, 0.25) is 0 Å². The third-order valence-electron chi connectivity index (χ3n) is 2.70. The molecule has 3 N–H and O–H groups in total. The van der Waals surface area contributed by atoms with Crippen molar-refractivity contribution >= 4 is 15.9 Å². The maximum atomic E-state index is 13.4. The quantitative estimate of drug-likeness (QED) is 0.911. The highest BCUT2D eigenvalue weighted by Gasteiger charge is 2.20. The van der Waals surface area contributed by atoms with Gasteiger partial charge in [-0.3, -0.25) is 0 Å². The molecule has 2 aromatic rings. The number of hydrogen-bond donors (Lipinski definition) is 2. The number of rotatable bonds is 4. The fourth-order valence-corrected chi connectivity index (χ4v) is 2.16. The number of nitrogens with zero attached hydrogens (tertiary/aromatic N) is 1. The Balaban J connectivity index is 2.47.